The van der Waals surface area contributed by atoms with E-state index >= 15 is 0 Å². The van der Waals surface area contributed by atoms with Crippen molar-refractivity contribution in [1.29, 1.82) is 0 Å². The summed E-state index contributed by atoms with van der Waals surface area (Å²) in [6.07, 6.45) is 0.685. The summed E-state index contributed by atoms with van der Waals surface area (Å²) in [6.45, 7) is 3.86. The number of aromatic nitrogens is 2. The highest BCUT2D eigenvalue weighted by Crippen LogP contribution is 2.43. The van der Waals surface area contributed by atoms with Gasteiger partial charge in [0.05, 0.1) is 27.0 Å². The molecule has 0 fully saturated rings. The smallest absolute Gasteiger partial charge is 0.297 e. The number of carbonyl (C=O) groups excluding carboxylic acids is 1. The van der Waals surface area contributed by atoms with E-state index in [0.717, 1.165) is 10.6 Å². The van der Waals surface area contributed by atoms with Gasteiger partial charge in [-0.3, -0.25) is 14.5 Å². The zero-order valence-electron chi connectivity index (χ0n) is 16.5. The number of fused-ring (bicyclic) bond motifs is 2. The Bertz CT molecular complexity index is 1430. The minimum atomic E-state index is -0.754. The standard InChI is InChI=1S/C22H15Cl2N3O3S/c1-3-16-25-26-22(31-16)27-18(11-5-6-13(23)14(24)9-11)17-19(28)12-8-10(2)4-7-15(12)30-20(17)21(27)29/h4-9,18H,3H2,1-2H3/t18-/m1/s1. The molecule has 2 aromatic carbocycles. The Hall–Kier alpha value is -2.74. The predicted octanol–water partition coefficient (Wildman–Crippen LogP) is 5.57. The van der Waals surface area contributed by atoms with E-state index in [1.807, 2.05) is 19.9 Å². The molecule has 1 aliphatic heterocycles. The van der Waals surface area contributed by atoms with Gasteiger partial charge in [-0.05, 0) is 43.2 Å². The lowest BCUT2D eigenvalue weighted by atomic mass is 9.98. The number of anilines is 1. The largest absolute Gasteiger partial charge is 0.450 e. The fraction of sp³-hybridized carbons (Fsp3) is 0.182. The van der Waals surface area contributed by atoms with E-state index in [1.165, 1.54) is 16.2 Å². The van der Waals surface area contributed by atoms with Crippen molar-refractivity contribution >= 4 is 56.5 Å². The maximum Gasteiger partial charge on any atom is 0.297 e. The summed E-state index contributed by atoms with van der Waals surface area (Å²) in [5.74, 6) is -0.435. The summed E-state index contributed by atoms with van der Waals surface area (Å²) in [7, 11) is 0. The average molecular weight is 472 g/mol. The van der Waals surface area contributed by atoms with Crippen molar-refractivity contribution in [1.82, 2.24) is 10.2 Å². The van der Waals surface area contributed by atoms with Crippen molar-refractivity contribution in [3.63, 3.8) is 0 Å². The number of benzene rings is 2. The van der Waals surface area contributed by atoms with Gasteiger partial charge in [0.25, 0.3) is 5.91 Å². The van der Waals surface area contributed by atoms with Crippen LogP contribution in [-0.4, -0.2) is 16.1 Å². The van der Waals surface area contributed by atoms with Gasteiger partial charge in [-0.15, -0.1) is 10.2 Å². The van der Waals surface area contributed by atoms with E-state index in [0.29, 0.717) is 38.1 Å². The van der Waals surface area contributed by atoms with Crippen LogP contribution in [-0.2, 0) is 6.42 Å². The zero-order chi connectivity index (χ0) is 21.9. The second kappa shape index (κ2) is 7.44. The first-order chi connectivity index (χ1) is 14.9. The van der Waals surface area contributed by atoms with Crippen molar-refractivity contribution in [3.8, 4) is 0 Å². The zero-order valence-corrected chi connectivity index (χ0v) is 18.8. The number of hydrogen-bond acceptors (Lipinski definition) is 6. The predicted molar refractivity (Wildman–Crippen MR) is 122 cm³/mol. The third-order valence-electron chi connectivity index (χ3n) is 5.25. The highest BCUT2D eigenvalue weighted by atomic mass is 35.5. The summed E-state index contributed by atoms with van der Waals surface area (Å²) >= 11 is 13.7. The topological polar surface area (TPSA) is 76.3 Å². The normalized spacial score (nSPS) is 15.7. The van der Waals surface area contributed by atoms with Crippen LogP contribution in [0.5, 0.6) is 0 Å². The monoisotopic (exact) mass is 471 g/mol. The van der Waals surface area contributed by atoms with Crippen LogP contribution in [0.4, 0.5) is 5.13 Å². The van der Waals surface area contributed by atoms with Crippen molar-refractivity contribution in [2.75, 3.05) is 4.90 Å². The summed E-state index contributed by atoms with van der Waals surface area (Å²) in [4.78, 5) is 28.5. The summed E-state index contributed by atoms with van der Waals surface area (Å²) in [6, 6.07) is 9.60. The van der Waals surface area contributed by atoms with E-state index in [-0.39, 0.29) is 16.8 Å². The van der Waals surface area contributed by atoms with Gasteiger partial charge < -0.3 is 4.42 Å². The van der Waals surface area contributed by atoms with E-state index < -0.39 is 11.9 Å². The number of carbonyl (C=O) groups is 1. The maximum absolute atomic E-state index is 13.6. The molecule has 0 unspecified atom stereocenters. The van der Waals surface area contributed by atoms with Crippen molar-refractivity contribution < 1.29 is 9.21 Å². The second-order valence-corrected chi connectivity index (χ2v) is 9.11. The van der Waals surface area contributed by atoms with Crippen LogP contribution in [0.15, 0.2) is 45.6 Å². The van der Waals surface area contributed by atoms with Gasteiger partial charge in [0.1, 0.15) is 10.6 Å². The summed E-state index contributed by atoms with van der Waals surface area (Å²) < 4.78 is 5.95. The lowest BCUT2D eigenvalue weighted by Crippen LogP contribution is -2.29. The van der Waals surface area contributed by atoms with Gasteiger partial charge in [0.2, 0.25) is 10.9 Å². The Labute approximate surface area is 191 Å². The molecular weight excluding hydrogens is 457 g/mol. The molecule has 9 heteroatoms. The number of nitrogens with zero attached hydrogens (tertiary/aromatic N) is 3. The highest BCUT2D eigenvalue weighted by Gasteiger charge is 2.45. The van der Waals surface area contributed by atoms with Crippen LogP contribution in [0, 0.1) is 6.92 Å². The van der Waals surface area contributed by atoms with Gasteiger partial charge in [-0.25, -0.2) is 0 Å². The lowest BCUT2D eigenvalue weighted by Gasteiger charge is -2.22. The molecule has 0 aliphatic carbocycles. The molecule has 31 heavy (non-hydrogen) atoms. The highest BCUT2D eigenvalue weighted by molar-refractivity contribution is 7.15. The minimum absolute atomic E-state index is 0.00525. The van der Waals surface area contributed by atoms with E-state index in [4.69, 9.17) is 27.6 Å². The first-order valence-corrected chi connectivity index (χ1v) is 11.1. The fourth-order valence-electron chi connectivity index (χ4n) is 3.77. The molecule has 156 valence electrons. The van der Waals surface area contributed by atoms with Crippen LogP contribution >= 0.6 is 34.5 Å². The maximum atomic E-state index is 13.6. The molecule has 0 N–H and O–H groups in total. The third kappa shape index (κ3) is 3.15. The summed E-state index contributed by atoms with van der Waals surface area (Å²) in [5.41, 5.74) is 1.92. The van der Waals surface area contributed by atoms with Gasteiger partial charge in [0.15, 0.2) is 5.43 Å². The first-order valence-electron chi connectivity index (χ1n) is 9.57. The quantitative estimate of drug-likeness (QED) is 0.390. The number of hydrogen-bond donors (Lipinski definition) is 0. The van der Waals surface area contributed by atoms with Crippen LogP contribution in [0.3, 0.4) is 0 Å². The Morgan fingerprint density at radius 3 is 2.61 bits per heavy atom. The molecule has 0 saturated heterocycles. The number of amides is 1. The van der Waals surface area contributed by atoms with Crippen LogP contribution in [0.25, 0.3) is 11.0 Å². The average Bonchev–Trinajstić information content (AvgIpc) is 3.33. The molecule has 1 amide bonds. The molecule has 2 aromatic heterocycles. The summed E-state index contributed by atoms with van der Waals surface area (Å²) in [5, 5.41) is 10.7. The fourth-order valence-corrected chi connectivity index (χ4v) is 4.88. The van der Waals surface area contributed by atoms with Crippen LogP contribution in [0.1, 0.15) is 45.2 Å². The third-order valence-corrected chi connectivity index (χ3v) is 7.06. The number of halogens is 2. The first kappa shape index (κ1) is 20.2. The van der Waals surface area contributed by atoms with Gasteiger partial charge in [-0.2, -0.15) is 0 Å². The molecular formula is C22H15Cl2N3O3S. The Kier molecular flexibility index (Phi) is 4.84. The van der Waals surface area contributed by atoms with E-state index in [9.17, 15) is 9.59 Å². The van der Waals surface area contributed by atoms with Gasteiger partial charge >= 0.3 is 0 Å². The Balaban J connectivity index is 1.81. The lowest BCUT2D eigenvalue weighted by molar-refractivity contribution is 0.0970. The van der Waals surface area contributed by atoms with Crippen LogP contribution in [0.2, 0.25) is 10.0 Å². The molecule has 0 spiro atoms. The molecule has 1 atom stereocenters. The molecule has 4 aromatic rings. The second-order valence-electron chi connectivity index (χ2n) is 7.26. The van der Waals surface area contributed by atoms with Gasteiger partial charge in [-0.1, -0.05) is 59.2 Å². The molecule has 5 rings (SSSR count). The van der Waals surface area contributed by atoms with E-state index in [1.54, 1.807) is 30.3 Å². The number of rotatable bonds is 3. The van der Waals surface area contributed by atoms with Gasteiger partial charge in [0, 0.05) is 0 Å². The molecule has 0 radical (unpaired) electrons. The molecule has 6 nitrogen and oxygen atoms in total. The van der Waals surface area contributed by atoms with E-state index in [2.05, 4.69) is 10.2 Å². The molecule has 3 heterocycles. The minimum Gasteiger partial charge on any atom is -0.450 e. The SMILES string of the molecule is CCc1nnc(N2C(=O)c3oc4ccc(C)cc4c(=O)c3[C@H]2c2ccc(Cl)c(Cl)c2)s1. The Morgan fingerprint density at radius 2 is 1.90 bits per heavy atom. The Morgan fingerprint density at radius 1 is 1.10 bits per heavy atom. The molecule has 0 saturated carbocycles. The van der Waals surface area contributed by atoms with Crippen molar-refractivity contribution in [2.24, 2.45) is 0 Å². The molecule has 0 bridgehead atoms. The van der Waals surface area contributed by atoms with Crippen LogP contribution < -0.4 is 10.3 Å². The van der Waals surface area contributed by atoms with Crippen molar-refractivity contribution in [3.05, 3.63) is 84.1 Å². The number of aryl methyl sites for hydroxylation is 2. The van der Waals surface area contributed by atoms with Crippen molar-refractivity contribution in [2.45, 2.75) is 26.3 Å². The molecule has 1 aliphatic rings.